The molecule has 1 atom stereocenters. The molecule has 1 saturated heterocycles. The van der Waals surface area contributed by atoms with Crippen molar-refractivity contribution in [2.24, 2.45) is 5.92 Å². The summed E-state index contributed by atoms with van der Waals surface area (Å²) in [5, 5.41) is 1.75. The number of rotatable bonds is 7. The van der Waals surface area contributed by atoms with Gasteiger partial charge in [0.15, 0.2) is 20.1 Å². The zero-order valence-corrected chi connectivity index (χ0v) is 21.0. The molecule has 2 aromatic rings. The van der Waals surface area contributed by atoms with Crippen LogP contribution in [0.2, 0.25) is 0 Å². The lowest BCUT2D eigenvalue weighted by molar-refractivity contribution is -0.120. The van der Waals surface area contributed by atoms with Gasteiger partial charge in [0.05, 0.1) is 16.3 Å². The van der Waals surface area contributed by atoms with Crippen LogP contribution >= 0.6 is 11.3 Å². The Hall–Kier alpha value is -2.11. The summed E-state index contributed by atoms with van der Waals surface area (Å²) >= 11 is 0.710. The molecule has 1 saturated carbocycles. The van der Waals surface area contributed by atoms with Crippen LogP contribution in [0.15, 0.2) is 22.0 Å². The van der Waals surface area contributed by atoms with E-state index in [-0.39, 0.29) is 15.9 Å². The van der Waals surface area contributed by atoms with Gasteiger partial charge in [-0.1, -0.05) is 24.2 Å². The molecule has 8 nitrogen and oxygen atoms in total. The minimum Gasteiger partial charge on any atom is -0.381 e. The highest BCUT2D eigenvalue weighted by Crippen LogP contribution is 2.33. The van der Waals surface area contributed by atoms with Gasteiger partial charge in [-0.15, -0.1) is 0 Å². The molecular weight excluding hydrogens is 481 g/mol. The van der Waals surface area contributed by atoms with E-state index < -0.39 is 37.7 Å². The molecule has 1 aliphatic carbocycles. The molecule has 11 heteroatoms. The van der Waals surface area contributed by atoms with Crippen LogP contribution in [0.4, 0.5) is 9.52 Å². The number of amides is 1. The van der Waals surface area contributed by atoms with Crippen LogP contribution in [0.5, 0.6) is 0 Å². The number of nitrogens with one attached hydrogen (secondary N) is 1. The van der Waals surface area contributed by atoms with Crippen LogP contribution in [0.3, 0.4) is 0 Å². The first kappa shape index (κ1) is 25.0. The highest BCUT2D eigenvalue weighted by Gasteiger charge is 2.34. The summed E-state index contributed by atoms with van der Waals surface area (Å²) in [5.74, 6) is -0.317. The number of aromatic nitrogens is 2. The van der Waals surface area contributed by atoms with E-state index >= 15 is 0 Å². The van der Waals surface area contributed by atoms with Gasteiger partial charge in [-0.3, -0.25) is 9.59 Å². The fourth-order valence-corrected chi connectivity index (χ4v) is 7.70. The minimum atomic E-state index is -3.63. The summed E-state index contributed by atoms with van der Waals surface area (Å²) in [6.07, 6.45) is 5.86. The largest absolute Gasteiger partial charge is 0.381 e. The third-order valence-corrected chi connectivity index (χ3v) is 10.1. The lowest BCUT2D eigenvalue weighted by Crippen LogP contribution is -2.37. The van der Waals surface area contributed by atoms with E-state index in [4.69, 9.17) is 4.74 Å². The number of anilines is 1. The van der Waals surface area contributed by atoms with Crippen LogP contribution in [0.25, 0.3) is 0 Å². The lowest BCUT2D eigenvalue weighted by atomic mass is 9.91. The van der Waals surface area contributed by atoms with Gasteiger partial charge in [0.25, 0.3) is 5.56 Å². The second kappa shape index (κ2) is 10.2. The van der Waals surface area contributed by atoms with E-state index in [0.29, 0.717) is 55.1 Å². The van der Waals surface area contributed by atoms with Crippen LogP contribution in [0, 0.1) is 24.9 Å². The topological polar surface area (TPSA) is 107 Å². The number of carbonyl (C=O) groups excluding carboxylic acids is 1. The molecule has 2 aliphatic rings. The number of carbonyl (C=O) groups is 1. The summed E-state index contributed by atoms with van der Waals surface area (Å²) < 4.78 is 46.7. The van der Waals surface area contributed by atoms with Gasteiger partial charge in [0, 0.05) is 25.0 Å². The molecule has 3 heterocycles. The van der Waals surface area contributed by atoms with Crippen LogP contribution in [-0.2, 0) is 19.4 Å². The van der Waals surface area contributed by atoms with Gasteiger partial charge in [0.2, 0.25) is 5.91 Å². The van der Waals surface area contributed by atoms with E-state index in [1.54, 1.807) is 13.8 Å². The number of pyridine rings is 1. The van der Waals surface area contributed by atoms with Crippen LogP contribution < -0.4 is 10.9 Å². The first-order valence-electron chi connectivity index (χ1n) is 11.6. The first-order chi connectivity index (χ1) is 16.2. The lowest BCUT2D eigenvalue weighted by Gasteiger charge is -2.29. The summed E-state index contributed by atoms with van der Waals surface area (Å²) in [7, 11) is -3.63. The number of thiazole rings is 1. The fraction of sp³-hybridized carbons (Fsp3) is 0.609. The normalized spacial score (nSPS) is 18.8. The maximum Gasteiger partial charge on any atom is 0.252 e. The molecule has 0 radical (unpaired) electrons. The number of halogens is 1. The Morgan fingerprint density at radius 3 is 2.56 bits per heavy atom. The molecule has 1 N–H and O–H groups in total. The summed E-state index contributed by atoms with van der Waals surface area (Å²) in [6, 6.07) is 0.285. The second-order valence-corrected chi connectivity index (χ2v) is 12.3. The van der Waals surface area contributed by atoms with Gasteiger partial charge in [-0.25, -0.2) is 13.4 Å². The van der Waals surface area contributed by atoms with Crippen LogP contribution in [0.1, 0.15) is 62.2 Å². The number of sulfone groups is 1. The van der Waals surface area contributed by atoms with Crippen molar-refractivity contribution in [2.45, 2.75) is 75.0 Å². The summed E-state index contributed by atoms with van der Waals surface area (Å²) in [4.78, 5) is 30.6. The molecule has 1 amide bonds. The molecule has 0 aromatic carbocycles. The predicted octanol–water partition coefficient (Wildman–Crippen LogP) is 3.77. The molecule has 34 heavy (non-hydrogen) atoms. The van der Waals surface area contributed by atoms with Crippen molar-refractivity contribution in [2.75, 3.05) is 18.5 Å². The van der Waals surface area contributed by atoms with E-state index in [2.05, 4.69) is 10.3 Å². The molecule has 0 bridgehead atoms. The molecule has 0 spiro atoms. The van der Waals surface area contributed by atoms with Crippen molar-refractivity contribution in [3.8, 4) is 0 Å². The molecular formula is C23H30FN3O5S2. The minimum absolute atomic E-state index is 0.0605. The molecule has 186 valence electrons. The SMILES string of the molecule is Cc1c(S(=O)(=O)C2CCCC2)cc(=O)n([C@H](CC2CCOCC2)C(=O)Nc2ncc(F)s2)c1C. The molecule has 2 aromatic heterocycles. The average molecular weight is 512 g/mol. The summed E-state index contributed by atoms with van der Waals surface area (Å²) in [5.41, 5.74) is 0.398. The highest BCUT2D eigenvalue weighted by molar-refractivity contribution is 7.92. The zero-order valence-electron chi connectivity index (χ0n) is 19.4. The monoisotopic (exact) mass is 511 g/mol. The zero-order chi connectivity index (χ0) is 24.5. The molecule has 1 aliphatic heterocycles. The van der Waals surface area contributed by atoms with E-state index in [1.807, 2.05) is 0 Å². The first-order valence-corrected chi connectivity index (χ1v) is 14.0. The third kappa shape index (κ3) is 5.11. The maximum absolute atomic E-state index is 13.4. The average Bonchev–Trinajstić information content (AvgIpc) is 3.49. The van der Waals surface area contributed by atoms with Crippen molar-refractivity contribution < 1.29 is 22.3 Å². The van der Waals surface area contributed by atoms with E-state index in [9.17, 15) is 22.4 Å². The van der Waals surface area contributed by atoms with Gasteiger partial charge in [-0.05, 0) is 57.4 Å². The standard InChI is InChI=1S/C23H30FN3O5S2/c1-14-15(2)27(21(28)12-19(14)34(30,31)17-5-3-4-6-17)18(11-16-7-9-32-10-8-16)22(29)26-23-25-13-20(24)33-23/h12-13,16-18H,3-11H2,1-2H3,(H,25,26,29)/t18-/m1/s1. The third-order valence-electron chi connectivity index (χ3n) is 7.03. The number of hydrogen-bond donors (Lipinski definition) is 1. The van der Waals surface area contributed by atoms with E-state index in [0.717, 1.165) is 31.9 Å². The Bertz CT molecular complexity index is 1210. The van der Waals surface area contributed by atoms with Gasteiger partial charge in [0.1, 0.15) is 6.04 Å². The molecule has 0 unspecified atom stereocenters. The van der Waals surface area contributed by atoms with Crippen molar-refractivity contribution in [3.63, 3.8) is 0 Å². The molecule has 2 fully saturated rings. The second-order valence-electron chi connectivity index (χ2n) is 9.14. The quantitative estimate of drug-likeness (QED) is 0.606. The van der Waals surface area contributed by atoms with Gasteiger partial charge < -0.3 is 14.6 Å². The smallest absolute Gasteiger partial charge is 0.252 e. The highest BCUT2D eigenvalue weighted by atomic mass is 32.2. The van der Waals surface area contributed by atoms with Crippen molar-refractivity contribution >= 4 is 32.2 Å². The van der Waals surface area contributed by atoms with Crippen molar-refractivity contribution in [3.05, 3.63) is 39.0 Å². The Morgan fingerprint density at radius 2 is 1.94 bits per heavy atom. The number of hydrogen-bond acceptors (Lipinski definition) is 7. The van der Waals surface area contributed by atoms with Crippen molar-refractivity contribution in [1.82, 2.24) is 9.55 Å². The Balaban J connectivity index is 1.73. The Labute approximate surface area is 202 Å². The van der Waals surface area contributed by atoms with E-state index in [1.165, 1.54) is 10.6 Å². The predicted molar refractivity (Wildman–Crippen MR) is 128 cm³/mol. The number of nitrogens with zero attached hydrogens (tertiary/aromatic N) is 2. The summed E-state index contributed by atoms with van der Waals surface area (Å²) in [6.45, 7) is 4.54. The molecule has 4 rings (SSSR count). The van der Waals surface area contributed by atoms with Gasteiger partial charge >= 0.3 is 0 Å². The maximum atomic E-state index is 13.4. The Morgan fingerprint density at radius 1 is 1.26 bits per heavy atom. The fourth-order valence-electron chi connectivity index (χ4n) is 5.00. The van der Waals surface area contributed by atoms with Gasteiger partial charge in [-0.2, -0.15) is 4.39 Å². The van der Waals surface area contributed by atoms with Crippen molar-refractivity contribution in [1.29, 1.82) is 0 Å². The number of ether oxygens (including phenoxy) is 1. The Kier molecular flexibility index (Phi) is 7.54. The van der Waals surface area contributed by atoms with Crippen LogP contribution in [-0.4, -0.2) is 42.3 Å².